The lowest BCUT2D eigenvalue weighted by Crippen LogP contribution is -2.28. The maximum absolute atomic E-state index is 12.1. The van der Waals surface area contributed by atoms with Crippen molar-refractivity contribution in [2.45, 2.75) is 17.7 Å². The zero-order chi connectivity index (χ0) is 15.5. The van der Waals surface area contributed by atoms with Crippen LogP contribution < -0.4 is 4.72 Å². The Morgan fingerprint density at radius 3 is 2.76 bits per heavy atom. The fourth-order valence-corrected chi connectivity index (χ4v) is 3.31. The molecule has 0 amide bonds. The summed E-state index contributed by atoms with van der Waals surface area (Å²) >= 11 is 1.86. The number of ether oxygens (including phenoxy) is 1. The number of carboxylic acid groups (broad SMARTS) is 1. The highest BCUT2D eigenvalue weighted by Gasteiger charge is 2.21. The van der Waals surface area contributed by atoms with Gasteiger partial charge in [0, 0.05) is 16.7 Å². The number of aromatic carboxylic acids is 1. The third kappa shape index (κ3) is 4.90. The Hall–Kier alpha value is -0.710. The molecule has 8 heteroatoms. The molecule has 1 aromatic carbocycles. The van der Waals surface area contributed by atoms with Gasteiger partial charge in [0.2, 0.25) is 10.0 Å². The summed E-state index contributed by atoms with van der Waals surface area (Å²) in [5.74, 6) is -0.514. The molecule has 0 saturated heterocycles. The summed E-state index contributed by atoms with van der Waals surface area (Å²) in [7, 11) is -3.71. The van der Waals surface area contributed by atoms with Crippen molar-refractivity contribution in [3.8, 4) is 0 Å². The Balaban J connectivity index is 1.94. The number of benzene rings is 1. The minimum Gasteiger partial charge on any atom is -0.478 e. The quantitative estimate of drug-likeness (QED) is 0.489. The number of carboxylic acids is 1. The third-order valence-corrected chi connectivity index (χ3v) is 5.47. The van der Waals surface area contributed by atoms with E-state index in [1.54, 1.807) is 0 Å². The van der Waals surface area contributed by atoms with Crippen LogP contribution in [0, 0.1) is 9.49 Å². The van der Waals surface area contributed by atoms with Crippen molar-refractivity contribution in [1.82, 2.24) is 4.72 Å². The maximum atomic E-state index is 12.1. The molecule has 116 valence electrons. The molecule has 2 rings (SSSR count). The van der Waals surface area contributed by atoms with Crippen LogP contribution in [0.15, 0.2) is 23.1 Å². The van der Waals surface area contributed by atoms with E-state index in [4.69, 9.17) is 9.84 Å². The van der Waals surface area contributed by atoms with Crippen LogP contribution in [0.1, 0.15) is 23.2 Å². The van der Waals surface area contributed by atoms with Crippen LogP contribution in [-0.4, -0.2) is 39.3 Å². The van der Waals surface area contributed by atoms with Crippen LogP contribution in [0.25, 0.3) is 0 Å². The monoisotopic (exact) mass is 425 g/mol. The lowest BCUT2D eigenvalue weighted by atomic mass is 10.2. The third-order valence-electron chi connectivity index (χ3n) is 3.07. The Morgan fingerprint density at radius 1 is 1.43 bits per heavy atom. The van der Waals surface area contributed by atoms with Gasteiger partial charge in [0.05, 0.1) is 17.1 Å². The van der Waals surface area contributed by atoms with E-state index < -0.39 is 16.0 Å². The summed E-state index contributed by atoms with van der Waals surface area (Å²) in [6, 6.07) is 4.03. The van der Waals surface area contributed by atoms with E-state index in [-0.39, 0.29) is 17.0 Å². The van der Waals surface area contributed by atoms with Gasteiger partial charge in [-0.25, -0.2) is 17.9 Å². The first kappa shape index (κ1) is 16.7. The average Bonchev–Trinajstić information content (AvgIpc) is 3.22. The van der Waals surface area contributed by atoms with Crippen molar-refractivity contribution in [2.75, 3.05) is 19.8 Å². The average molecular weight is 425 g/mol. The van der Waals surface area contributed by atoms with E-state index >= 15 is 0 Å². The second kappa shape index (κ2) is 7.03. The van der Waals surface area contributed by atoms with Gasteiger partial charge in [-0.05, 0) is 59.5 Å². The van der Waals surface area contributed by atoms with E-state index in [0.29, 0.717) is 22.7 Å². The predicted molar refractivity (Wildman–Crippen MR) is 84.8 cm³/mol. The molecule has 0 heterocycles. The minimum atomic E-state index is -3.71. The van der Waals surface area contributed by atoms with E-state index in [2.05, 4.69) is 4.72 Å². The summed E-state index contributed by atoms with van der Waals surface area (Å²) in [6.07, 6.45) is 2.37. The molecule has 1 fully saturated rings. The van der Waals surface area contributed by atoms with Gasteiger partial charge in [-0.15, -0.1) is 0 Å². The van der Waals surface area contributed by atoms with Gasteiger partial charge in [0.15, 0.2) is 0 Å². The molecule has 6 nitrogen and oxygen atoms in total. The first-order valence-corrected chi connectivity index (χ1v) is 9.06. The van der Waals surface area contributed by atoms with Crippen LogP contribution in [0.2, 0.25) is 0 Å². The zero-order valence-electron chi connectivity index (χ0n) is 11.2. The number of hydrogen-bond acceptors (Lipinski definition) is 4. The Morgan fingerprint density at radius 2 is 2.14 bits per heavy atom. The van der Waals surface area contributed by atoms with E-state index in [1.165, 1.54) is 25.0 Å². The summed E-state index contributed by atoms with van der Waals surface area (Å²) in [5, 5.41) is 9.02. The molecule has 1 saturated carbocycles. The molecule has 0 unspecified atom stereocenters. The number of halogens is 1. The summed E-state index contributed by atoms with van der Waals surface area (Å²) in [6.45, 7) is 1.16. The molecule has 2 N–H and O–H groups in total. The molecule has 1 aromatic rings. The number of rotatable bonds is 8. The van der Waals surface area contributed by atoms with Gasteiger partial charge in [0.25, 0.3) is 0 Å². The van der Waals surface area contributed by atoms with Crippen LogP contribution in [0.5, 0.6) is 0 Å². The Bertz CT molecular complexity index is 627. The molecular formula is C13H16INO5S. The van der Waals surface area contributed by atoms with Crippen molar-refractivity contribution in [3.05, 3.63) is 27.3 Å². The zero-order valence-corrected chi connectivity index (χ0v) is 14.2. The van der Waals surface area contributed by atoms with Crippen molar-refractivity contribution in [3.63, 3.8) is 0 Å². The van der Waals surface area contributed by atoms with Gasteiger partial charge >= 0.3 is 5.97 Å². The van der Waals surface area contributed by atoms with Crippen molar-refractivity contribution >= 4 is 38.6 Å². The van der Waals surface area contributed by atoms with Crippen molar-refractivity contribution < 1.29 is 23.1 Å². The molecule has 0 aliphatic heterocycles. The van der Waals surface area contributed by atoms with Crippen LogP contribution in [0.4, 0.5) is 0 Å². The molecule has 0 spiro atoms. The van der Waals surface area contributed by atoms with E-state index in [0.717, 1.165) is 6.07 Å². The number of nitrogens with one attached hydrogen (secondary N) is 1. The molecule has 1 aliphatic rings. The highest BCUT2D eigenvalue weighted by atomic mass is 127. The van der Waals surface area contributed by atoms with Gasteiger partial charge in [-0.1, -0.05) is 0 Å². The second-order valence-corrected chi connectivity index (χ2v) is 7.79. The Kier molecular flexibility index (Phi) is 5.58. The minimum absolute atomic E-state index is 0.0246. The lowest BCUT2D eigenvalue weighted by Gasteiger charge is -2.08. The summed E-state index contributed by atoms with van der Waals surface area (Å²) in [5.41, 5.74) is -0.0246. The Labute approximate surface area is 137 Å². The topological polar surface area (TPSA) is 92.7 Å². The SMILES string of the molecule is O=C(O)c1cc(S(=O)(=O)NCCOCC2CC2)ccc1I. The lowest BCUT2D eigenvalue weighted by molar-refractivity contribution is 0.0695. The molecule has 0 aromatic heterocycles. The first-order valence-electron chi connectivity index (χ1n) is 6.50. The molecule has 0 radical (unpaired) electrons. The largest absolute Gasteiger partial charge is 0.478 e. The van der Waals surface area contributed by atoms with Crippen LogP contribution in [-0.2, 0) is 14.8 Å². The van der Waals surface area contributed by atoms with Gasteiger partial charge in [-0.3, -0.25) is 0 Å². The normalized spacial score (nSPS) is 15.1. The predicted octanol–water partition coefficient (Wildman–Crippen LogP) is 1.69. The molecular weight excluding hydrogens is 409 g/mol. The first-order chi connectivity index (χ1) is 9.90. The molecule has 1 aliphatic carbocycles. The summed E-state index contributed by atoms with van der Waals surface area (Å²) in [4.78, 5) is 11.0. The van der Waals surface area contributed by atoms with Gasteiger partial charge < -0.3 is 9.84 Å². The fourth-order valence-electron chi connectivity index (χ4n) is 1.70. The fraction of sp³-hybridized carbons (Fsp3) is 0.462. The van der Waals surface area contributed by atoms with Crippen molar-refractivity contribution in [1.29, 1.82) is 0 Å². The molecule has 0 bridgehead atoms. The number of sulfonamides is 1. The highest BCUT2D eigenvalue weighted by molar-refractivity contribution is 14.1. The standard InChI is InChI=1S/C13H16INO5S/c14-12-4-3-10(7-11(12)13(16)17)21(18,19)15-5-6-20-8-9-1-2-9/h3-4,7,9,15H,1-2,5-6,8H2,(H,16,17). The number of hydrogen-bond donors (Lipinski definition) is 2. The highest BCUT2D eigenvalue weighted by Crippen LogP contribution is 2.28. The van der Waals surface area contributed by atoms with E-state index in [9.17, 15) is 13.2 Å². The van der Waals surface area contributed by atoms with Gasteiger partial charge in [-0.2, -0.15) is 0 Å². The molecule has 0 atom stereocenters. The second-order valence-electron chi connectivity index (χ2n) is 4.86. The number of carbonyl (C=O) groups is 1. The van der Waals surface area contributed by atoms with Crippen LogP contribution >= 0.6 is 22.6 Å². The van der Waals surface area contributed by atoms with E-state index in [1.807, 2.05) is 22.6 Å². The molecule has 21 heavy (non-hydrogen) atoms. The van der Waals surface area contributed by atoms with Crippen molar-refractivity contribution in [2.24, 2.45) is 5.92 Å². The maximum Gasteiger partial charge on any atom is 0.336 e. The van der Waals surface area contributed by atoms with Crippen LogP contribution in [0.3, 0.4) is 0 Å². The smallest absolute Gasteiger partial charge is 0.336 e. The van der Waals surface area contributed by atoms with Gasteiger partial charge in [0.1, 0.15) is 0 Å². The summed E-state index contributed by atoms with van der Waals surface area (Å²) < 4.78 is 32.4.